The second-order valence-electron chi connectivity index (χ2n) is 5.88. The lowest BCUT2D eigenvalue weighted by molar-refractivity contribution is 0.254. The number of hydrogen-bond donors (Lipinski definition) is 1. The lowest BCUT2D eigenvalue weighted by atomic mass is 9.93. The Labute approximate surface area is 88.1 Å². The van der Waals surface area contributed by atoms with Crippen LogP contribution in [0.4, 0.5) is 0 Å². The summed E-state index contributed by atoms with van der Waals surface area (Å²) in [5.74, 6) is 0.976. The van der Waals surface area contributed by atoms with E-state index in [-0.39, 0.29) is 0 Å². The van der Waals surface area contributed by atoms with Gasteiger partial charge in [-0.05, 0) is 44.2 Å². The van der Waals surface area contributed by atoms with Gasteiger partial charge in [0.15, 0.2) is 0 Å². The number of likely N-dealkylation sites (tertiary alicyclic amines) is 1. The predicted molar refractivity (Wildman–Crippen MR) is 60.4 cm³/mol. The average Bonchev–Trinajstić information content (AvgIpc) is 2.88. The molecule has 82 valence electrons. The van der Waals surface area contributed by atoms with Crippen LogP contribution in [-0.4, -0.2) is 37.6 Å². The second kappa shape index (κ2) is 3.82. The molecule has 1 unspecified atom stereocenters. The summed E-state index contributed by atoms with van der Waals surface area (Å²) in [4.78, 5) is 2.64. The highest BCUT2D eigenvalue weighted by Crippen LogP contribution is 2.34. The zero-order chi connectivity index (χ0) is 10.2. The van der Waals surface area contributed by atoms with E-state index in [1.165, 1.54) is 38.9 Å². The van der Waals surface area contributed by atoms with Gasteiger partial charge < -0.3 is 10.2 Å². The van der Waals surface area contributed by atoms with Gasteiger partial charge in [-0.3, -0.25) is 0 Å². The number of hydrogen-bond acceptors (Lipinski definition) is 2. The van der Waals surface area contributed by atoms with E-state index in [4.69, 9.17) is 0 Å². The fourth-order valence-electron chi connectivity index (χ4n) is 2.63. The van der Waals surface area contributed by atoms with E-state index in [0.29, 0.717) is 5.41 Å². The Balaban J connectivity index is 1.79. The maximum Gasteiger partial charge on any atom is 0.0220 e. The summed E-state index contributed by atoms with van der Waals surface area (Å²) in [6, 6.07) is 0.754. The van der Waals surface area contributed by atoms with E-state index in [0.717, 1.165) is 12.0 Å². The van der Waals surface area contributed by atoms with Crippen LogP contribution in [0.2, 0.25) is 0 Å². The van der Waals surface area contributed by atoms with Crippen molar-refractivity contribution in [1.29, 1.82) is 0 Å². The molecule has 1 atom stereocenters. The van der Waals surface area contributed by atoms with Gasteiger partial charge in [-0.1, -0.05) is 13.8 Å². The molecule has 0 spiro atoms. The summed E-state index contributed by atoms with van der Waals surface area (Å²) >= 11 is 0. The van der Waals surface area contributed by atoms with E-state index in [2.05, 4.69) is 31.1 Å². The van der Waals surface area contributed by atoms with E-state index in [1.54, 1.807) is 0 Å². The molecule has 0 bridgehead atoms. The summed E-state index contributed by atoms with van der Waals surface area (Å²) in [6.07, 6.45) is 4.26. The molecule has 2 fully saturated rings. The molecule has 0 aromatic heterocycles. The highest BCUT2D eigenvalue weighted by atomic mass is 15.2. The molecular formula is C12H24N2. The van der Waals surface area contributed by atoms with Crippen LogP contribution in [0.1, 0.15) is 33.1 Å². The Bertz CT molecular complexity index is 196. The molecule has 1 saturated heterocycles. The van der Waals surface area contributed by atoms with Crippen molar-refractivity contribution in [3.05, 3.63) is 0 Å². The summed E-state index contributed by atoms with van der Waals surface area (Å²) < 4.78 is 0. The van der Waals surface area contributed by atoms with E-state index in [1.807, 2.05) is 0 Å². The largest absolute Gasteiger partial charge is 0.315 e. The quantitative estimate of drug-likeness (QED) is 0.736. The van der Waals surface area contributed by atoms with Gasteiger partial charge in [0.25, 0.3) is 0 Å². The van der Waals surface area contributed by atoms with Crippen molar-refractivity contribution in [3.8, 4) is 0 Å². The zero-order valence-electron chi connectivity index (χ0n) is 9.84. The van der Waals surface area contributed by atoms with Crippen molar-refractivity contribution in [3.63, 3.8) is 0 Å². The van der Waals surface area contributed by atoms with Crippen molar-refractivity contribution < 1.29 is 0 Å². The molecule has 0 aromatic rings. The molecule has 2 rings (SSSR count). The fourth-order valence-corrected chi connectivity index (χ4v) is 2.63. The van der Waals surface area contributed by atoms with E-state index < -0.39 is 0 Å². The van der Waals surface area contributed by atoms with Gasteiger partial charge in [0.2, 0.25) is 0 Å². The molecule has 1 aliphatic heterocycles. The van der Waals surface area contributed by atoms with E-state index >= 15 is 0 Å². The summed E-state index contributed by atoms with van der Waals surface area (Å²) in [5, 5.41) is 3.48. The van der Waals surface area contributed by atoms with Gasteiger partial charge in [-0.2, -0.15) is 0 Å². The van der Waals surface area contributed by atoms with Gasteiger partial charge in [0, 0.05) is 19.1 Å². The molecule has 0 amide bonds. The monoisotopic (exact) mass is 196 g/mol. The predicted octanol–water partition coefficient (Wildman–Crippen LogP) is 1.72. The summed E-state index contributed by atoms with van der Waals surface area (Å²) in [7, 11) is 2.12. The third-order valence-corrected chi connectivity index (χ3v) is 3.77. The van der Waals surface area contributed by atoms with Crippen molar-refractivity contribution in [2.75, 3.05) is 26.7 Å². The van der Waals surface area contributed by atoms with Crippen molar-refractivity contribution >= 4 is 0 Å². The summed E-state index contributed by atoms with van der Waals surface area (Å²) in [6.45, 7) is 8.64. The first-order valence-electron chi connectivity index (χ1n) is 6.00. The van der Waals surface area contributed by atoms with Gasteiger partial charge in [-0.25, -0.2) is 0 Å². The molecule has 1 heterocycles. The third-order valence-electron chi connectivity index (χ3n) is 3.77. The first-order chi connectivity index (χ1) is 6.61. The Morgan fingerprint density at radius 1 is 1.43 bits per heavy atom. The molecule has 1 aliphatic carbocycles. The highest BCUT2D eigenvalue weighted by Gasteiger charge is 2.35. The molecule has 2 aliphatic rings. The Hall–Kier alpha value is -0.0800. The number of rotatable bonds is 4. The van der Waals surface area contributed by atoms with Crippen LogP contribution in [0.25, 0.3) is 0 Å². The van der Waals surface area contributed by atoms with Crippen LogP contribution in [-0.2, 0) is 0 Å². The molecule has 14 heavy (non-hydrogen) atoms. The number of likely N-dealkylation sites (N-methyl/N-ethyl adjacent to an activating group) is 1. The molecule has 2 heteroatoms. The topological polar surface area (TPSA) is 15.3 Å². The third kappa shape index (κ3) is 2.48. The molecule has 1 N–H and O–H groups in total. The first kappa shape index (κ1) is 10.4. The SMILES string of the molecule is CNC(CN1CCC(C)(C)C1)C1CC1. The van der Waals surface area contributed by atoms with Gasteiger partial charge in [0.05, 0.1) is 0 Å². The second-order valence-corrected chi connectivity index (χ2v) is 5.88. The Morgan fingerprint density at radius 2 is 2.14 bits per heavy atom. The molecule has 1 saturated carbocycles. The molecule has 2 nitrogen and oxygen atoms in total. The average molecular weight is 196 g/mol. The lowest BCUT2D eigenvalue weighted by Gasteiger charge is -2.24. The minimum atomic E-state index is 0.557. The first-order valence-corrected chi connectivity index (χ1v) is 6.00. The molecule has 0 aromatic carbocycles. The highest BCUT2D eigenvalue weighted by molar-refractivity contribution is 4.91. The Morgan fingerprint density at radius 3 is 2.57 bits per heavy atom. The minimum absolute atomic E-state index is 0.557. The van der Waals surface area contributed by atoms with Crippen molar-refractivity contribution in [2.24, 2.45) is 11.3 Å². The minimum Gasteiger partial charge on any atom is -0.315 e. The van der Waals surface area contributed by atoms with E-state index in [9.17, 15) is 0 Å². The fraction of sp³-hybridized carbons (Fsp3) is 1.00. The smallest absolute Gasteiger partial charge is 0.0220 e. The maximum absolute atomic E-state index is 3.48. The van der Waals surface area contributed by atoms with Crippen LogP contribution in [0.15, 0.2) is 0 Å². The molecular weight excluding hydrogens is 172 g/mol. The Kier molecular flexibility index (Phi) is 2.85. The van der Waals surface area contributed by atoms with Gasteiger partial charge in [-0.15, -0.1) is 0 Å². The zero-order valence-corrected chi connectivity index (χ0v) is 9.84. The van der Waals surface area contributed by atoms with Crippen LogP contribution in [0.5, 0.6) is 0 Å². The lowest BCUT2D eigenvalue weighted by Crippen LogP contribution is -2.40. The van der Waals surface area contributed by atoms with Crippen molar-refractivity contribution in [1.82, 2.24) is 10.2 Å². The normalized spacial score (nSPS) is 29.4. The van der Waals surface area contributed by atoms with Crippen molar-refractivity contribution in [2.45, 2.75) is 39.2 Å². The van der Waals surface area contributed by atoms with Crippen LogP contribution >= 0.6 is 0 Å². The van der Waals surface area contributed by atoms with Gasteiger partial charge >= 0.3 is 0 Å². The van der Waals surface area contributed by atoms with Crippen LogP contribution in [0, 0.1) is 11.3 Å². The van der Waals surface area contributed by atoms with Crippen LogP contribution < -0.4 is 5.32 Å². The standard InChI is InChI=1S/C12H24N2/c1-12(2)6-7-14(9-12)8-11(13-3)10-4-5-10/h10-11,13H,4-9H2,1-3H3. The number of nitrogens with zero attached hydrogens (tertiary/aromatic N) is 1. The summed E-state index contributed by atoms with van der Waals surface area (Å²) in [5.41, 5.74) is 0.557. The number of nitrogens with one attached hydrogen (secondary N) is 1. The van der Waals surface area contributed by atoms with Gasteiger partial charge in [0.1, 0.15) is 0 Å². The molecule has 0 radical (unpaired) electrons. The maximum atomic E-state index is 3.48. The van der Waals surface area contributed by atoms with Crippen LogP contribution in [0.3, 0.4) is 0 Å².